The molecular formula is C32H20Br2N4. The van der Waals surface area contributed by atoms with Crippen LogP contribution in [-0.4, -0.2) is 19.9 Å². The van der Waals surface area contributed by atoms with Gasteiger partial charge in [-0.2, -0.15) is 0 Å². The van der Waals surface area contributed by atoms with Gasteiger partial charge in [0.05, 0.1) is 22.8 Å². The molecule has 8 bridgehead atoms. The van der Waals surface area contributed by atoms with Gasteiger partial charge in [-0.05, 0) is 96.1 Å². The van der Waals surface area contributed by atoms with Crippen molar-refractivity contribution in [2.75, 3.05) is 0 Å². The Labute approximate surface area is 236 Å². The fourth-order valence-electron chi connectivity index (χ4n) is 4.91. The van der Waals surface area contributed by atoms with E-state index in [1.807, 2.05) is 0 Å². The van der Waals surface area contributed by atoms with Gasteiger partial charge in [0.2, 0.25) is 0 Å². The summed E-state index contributed by atoms with van der Waals surface area (Å²) in [6.45, 7) is 0. The summed E-state index contributed by atoms with van der Waals surface area (Å²) in [6, 6.07) is 29.2. The minimum Gasteiger partial charge on any atom is -0.355 e. The van der Waals surface area contributed by atoms with Gasteiger partial charge in [-0.1, -0.05) is 56.1 Å². The predicted octanol–water partition coefficient (Wildman–Crippen LogP) is 9.51. The predicted molar refractivity (Wildman–Crippen MR) is 165 cm³/mol. The van der Waals surface area contributed by atoms with E-state index in [0.717, 1.165) is 76.0 Å². The van der Waals surface area contributed by atoms with Gasteiger partial charge in [0.1, 0.15) is 0 Å². The minimum absolute atomic E-state index is 0.896. The van der Waals surface area contributed by atoms with Crippen LogP contribution in [0.2, 0.25) is 0 Å². The molecule has 0 aliphatic carbocycles. The number of hydrogen-bond acceptors (Lipinski definition) is 2. The third-order valence-electron chi connectivity index (χ3n) is 6.66. The highest BCUT2D eigenvalue weighted by Gasteiger charge is 2.13. The molecule has 2 aromatic carbocycles. The number of halogens is 2. The number of nitrogens with zero attached hydrogens (tertiary/aromatic N) is 2. The first-order valence-corrected chi connectivity index (χ1v) is 13.8. The molecule has 4 nitrogen and oxygen atoms in total. The molecule has 0 unspecified atom stereocenters. The number of benzene rings is 2. The van der Waals surface area contributed by atoms with E-state index in [1.165, 1.54) is 0 Å². The summed E-state index contributed by atoms with van der Waals surface area (Å²) in [5.41, 5.74) is 11.9. The van der Waals surface area contributed by atoms with Crippen molar-refractivity contribution >= 4 is 78.2 Å². The van der Waals surface area contributed by atoms with E-state index in [0.29, 0.717) is 0 Å². The third-order valence-corrected chi connectivity index (χ3v) is 7.72. The molecule has 2 aliphatic rings. The maximum absolute atomic E-state index is 5.01. The number of nitrogens with one attached hydrogen (secondary N) is 2. The van der Waals surface area contributed by atoms with Crippen LogP contribution >= 0.6 is 31.9 Å². The van der Waals surface area contributed by atoms with Crippen LogP contribution in [0.1, 0.15) is 22.8 Å². The van der Waals surface area contributed by atoms with Gasteiger partial charge in [-0.25, -0.2) is 9.97 Å². The molecule has 5 aromatic rings. The Balaban J connectivity index is 1.56. The largest absolute Gasteiger partial charge is 0.355 e. The van der Waals surface area contributed by atoms with Crippen LogP contribution < -0.4 is 0 Å². The number of rotatable bonds is 2. The quantitative estimate of drug-likeness (QED) is 0.202. The lowest BCUT2D eigenvalue weighted by Gasteiger charge is -2.04. The van der Waals surface area contributed by atoms with Crippen LogP contribution in [0.5, 0.6) is 0 Å². The Morgan fingerprint density at radius 3 is 1.32 bits per heavy atom. The summed E-state index contributed by atoms with van der Waals surface area (Å²) < 4.78 is 2.08. The van der Waals surface area contributed by atoms with E-state index >= 15 is 0 Å². The summed E-state index contributed by atoms with van der Waals surface area (Å²) in [7, 11) is 0. The molecule has 2 N–H and O–H groups in total. The van der Waals surface area contributed by atoms with Crippen molar-refractivity contribution in [3.8, 4) is 22.3 Å². The third kappa shape index (κ3) is 4.36. The molecular weight excluding hydrogens is 600 g/mol. The zero-order valence-electron chi connectivity index (χ0n) is 20.0. The first kappa shape index (κ1) is 23.1. The lowest BCUT2D eigenvalue weighted by atomic mass is 10.0. The molecule has 0 saturated heterocycles. The van der Waals surface area contributed by atoms with Crippen molar-refractivity contribution in [2.24, 2.45) is 0 Å². The summed E-state index contributed by atoms with van der Waals surface area (Å²) in [6.07, 6.45) is 8.29. The Morgan fingerprint density at radius 1 is 0.474 bits per heavy atom. The highest BCUT2D eigenvalue weighted by Crippen LogP contribution is 2.33. The highest BCUT2D eigenvalue weighted by molar-refractivity contribution is 9.10. The second-order valence-corrected chi connectivity index (χ2v) is 11.0. The van der Waals surface area contributed by atoms with Gasteiger partial charge in [0.15, 0.2) is 0 Å². The summed E-state index contributed by atoms with van der Waals surface area (Å²) >= 11 is 7.11. The lowest BCUT2D eigenvalue weighted by Crippen LogP contribution is -1.86. The number of H-pyrrole nitrogens is 2. The maximum Gasteiger partial charge on any atom is 0.0736 e. The van der Waals surface area contributed by atoms with Gasteiger partial charge in [-0.3, -0.25) is 0 Å². The molecule has 0 fully saturated rings. The molecule has 182 valence electrons. The fourth-order valence-corrected chi connectivity index (χ4v) is 5.44. The van der Waals surface area contributed by atoms with Gasteiger partial charge in [0.25, 0.3) is 0 Å². The Bertz CT molecular complexity index is 1780. The number of aromatic nitrogens is 4. The first-order chi connectivity index (χ1) is 18.6. The smallest absolute Gasteiger partial charge is 0.0736 e. The Hall–Kier alpha value is -4.00. The molecule has 2 aliphatic heterocycles. The van der Waals surface area contributed by atoms with Crippen LogP contribution in [0.25, 0.3) is 68.6 Å². The van der Waals surface area contributed by atoms with Crippen LogP contribution in [0.3, 0.4) is 0 Å². The summed E-state index contributed by atoms with van der Waals surface area (Å²) in [4.78, 5) is 17.2. The highest BCUT2D eigenvalue weighted by atomic mass is 79.9. The van der Waals surface area contributed by atoms with Gasteiger partial charge in [0, 0.05) is 42.1 Å². The Kier molecular flexibility index (Phi) is 5.72. The van der Waals surface area contributed by atoms with Crippen LogP contribution in [0.15, 0.2) is 93.9 Å². The molecule has 0 spiro atoms. The van der Waals surface area contributed by atoms with Crippen molar-refractivity contribution in [3.63, 3.8) is 0 Å². The summed E-state index contributed by atoms with van der Waals surface area (Å²) in [5.74, 6) is 0. The van der Waals surface area contributed by atoms with E-state index in [4.69, 9.17) is 9.97 Å². The first-order valence-electron chi connectivity index (χ1n) is 12.2. The topological polar surface area (TPSA) is 57.4 Å². The van der Waals surface area contributed by atoms with E-state index in [-0.39, 0.29) is 0 Å². The lowest BCUT2D eigenvalue weighted by molar-refractivity contribution is 1.31. The van der Waals surface area contributed by atoms with Crippen LogP contribution in [0, 0.1) is 0 Å². The SMILES string of the molecule is Brc1ccc(-c2c3nc(cc4ccc([nH]4)c(-c4ccc(Br)cc4)c4nc(cc5ccc2[nH]5)C=C4)C=C3)cc1. The average Bonchev–Trinajstić information content (AvgIpc) is 3.72. The molecule has 0 saturated carbocycles. The number of fused-ring (bicyclic) bond motifs is 8. The van der Waals surface area contributed by atoms with E-state index in [9.17, 15) is 0 Å². The molecule has 0 radical (unpaired) electrons. The van der Waals surface area contributed by atoms with Crippen molar-refractivity contribution in [3.05, 3.63) is 117 Å². The van der Waals surface area contributed by atoms with E-state index < -0.39 is 0 Å². The molecule has 3 aromatic heterocycles. The molecule has 38 heavy (non-hydrogen) atoms. The second kappa shape index (κ2) is 9.39. The number of hydrogen-bond donors (Lipinski definition) is 2. The zero-order chi connectivity index (χ0) is 25.6. The summed E-state index contributed by atoms with van der Waals surface area (Å²) in [5, 5.41) is 0. The average molecular weight is 620 g/mol. The maximum atomic E-state index is 5.01. The number of aromatic amines is 2. The molecule has 7 rings (SSSR count). The van der Waals surface area contributed by atoms with Gasteiger partial charge in [-0.15, -0.1) is 0 Å². The fraction of sp³-hybridized carbons (Fsp3) is 0. The minimum atomic E-state index is 0.896. The van der Waals surface area contributed by atoms with E-state index in [1.54, 1.807) is 0 Å². The molecule has 0 amide bonds. The van der Waals surface area contributed by atoms with Crippen molar-refractivity contribution in [1.29, 1.82) is 0 Å². The second-order valence-electron chi connectivity index (χ2n) is 9.22. The Morgan fingerprint density at radius 2 is 0.895 bits per heavy atom. The van der Waals surface area contributed by atoms with E-state index in [2.05, 4.69) is 151 Å². The van der Waals surface area contributed by atoms with Crippen molar-refractivity contribution in [1.82, 2.24) is 19.9 Å². The standard InChI is InChI=1S/C32H20Br2N4/c33-21-5-1-19(2-6-21)31-27-13-9-23(35-27)17-25-11-15-29(37-25)32(20-3-7-22(34)8-4-20)30-16-12-26(38-30)18-24-10-14-28(31)36-24/h1-18,35,38H. The molecule has 0 atom stereocenters. The zero-order valence-corrected chi connectivity index (χ0v) is 23.2. The molecule has 6 heteroatoms. The van der Waals surface area contributed by atoms with Crippen LogP contribution in [0.4, 0.5) is 0 Å². The van der Waals surface area contributed by atoms with Gasteiger partial charge < -0.3 is 9.97 Å². The van der Waals surface area contributed by atoms with Crippen LogP contribution in [-0.2, 0) is 0 Å². The normalized spacial score (nSPS) is 12.3. The molecule has 5 heterocycles. The van der Waals surface area contributed by atoms with Crippen molar-refractivity contribution in [2.45, 2.75) is 0 Å². The monoisotopic (exact) mass is 618 g/mol. The van der Waals surface area contributed by atoms with Crippen molar-refractivity contribution < 1.29 is 0 Å². The van der Waals surface area contributed by atoms with Gasteiger partial charge >= 0.3 is 0 Å².